The van der Waals surface area contributed by atoms with Gasteiger partial charge in [0.15, 0.2) is 0 Å². The molecule has 0 atom stereocenters. The fourth-order valence-electron chi connectivity index (χ4n) is 1.17. The van der Waals surface area contributed by atoms with Crippen LogP contribution < -0.4 is 10.6 Å². The number of hydrogen-bond donors (Lipinski definition) is 2. The van der Waals surface area contributed by atoms with Gasteiger partial charge in [-0.3, -0.25) is 9.59 Å². The van der Waals surface area contributed by atoms with Crippen LogP contribution in [0.5, 0.6) is 0 Å². The molecule has 0 aromatic rings. The third-order valence-electron chi connectivity index (χ3n) is 2.24. The molecule has 1 saturated carbocycles. The van der Waals surface area contributed by atoms with Gasteiger partial charge in [0.25, 0.3) is 0 Å². The van der Waals surface area contributed by atoms with Crippen LogP contribution in [-0.2, 0) is 14.3 Å². The predicted octanol–water partition coefficient (Wildman–Crippen LogP) is -0.192. The van der Waals surface area contributed by atoms with Gasteiger partial charge in [0, 0.05) is 25.6 Å². The quantitative estimate of drug-likeness (QED) is 0.576. The Kier molecular flexibility index (Phi) is 5.10. The highest BCUT2D eigenvalue weighted by molar-refractivity contribution is 5.77. The zero-order chi connectivity index (χ0) is 11.1. The molecule has 0 radical (unpaired) electrons. The van der Waals surface area contributed by atoms with Crippen molar-refractivity contribution < 1.29 is 14.3 Å². The minimum atomic E-state index is -0.300. The Balaban J connectivity index is 1.90. The molecule has 0 heterocycles. The molecule has 86 valence electrons. The third kappa shape index (κ3) is 6.06. The zero-order valence-corrected chi connectivity index (χ0v) is 9.04. The summed E-state index contributed by atoms with van der Waals surface area (Å²) in [5.41, 5.74) is 0. The lowest BCUT2D eigenvalue weighted by molar-refractivity contribution is -0.140. The number of carbonyl (C=O) groups excluding carboxylic acids is 2. The molecule has 0 aliphatic heterocycles. The molecule has 1 rings (SSSR count). The number of carbonyl (C=O) groups is 2. The Labute approximate surface area is 89.6 Å². The summed E-state index contributed by atoms with van der Waals surface area (Å²) in [6.45, 7) is 1.07. The Morgan fingerprint density at radius 2 is 2.00 bits per heavy atom. The van der Waals surface area contributed by atoms with E-state index < -0.39 is 0 Å². The number of nitrogens with one attached hydrogen (secondary N) is 2. The van der Waals surface area contributed by atoms with Crippen LogP contribution in [0.1, 0.15) is 25.7 Å². The van der Waals surface area contributed by atoms with E-state index in [1.807, 2.05) is 0 Å². The molecule has 0 saturated heterocycles. The van der Waals surface area contributed by atoms with E-state index in [0.717, 1.165) is 0 Å². The van der Waals surface area contributed by atoms with Crippen molar-refractivity contribution in [1.82, 2.24) is 10.6 Å². The fraction of sp³-hybridized carbons (Fsp3) is 0.800. The van der Waals surface area contributed by atoms with E-state index in [4.69, 9.17) is 0 Å². The molecule has 0 spiro atoms. The molecular weight excluding hydrogens is 196 g/mol. The summed E-state index contributed by atoms with van der Waals surface area (Å²) in [6, 6.07) is 0.632. The molecule has 1 aliphatic carbocycles. The van der Waals surface area contributed by atoms with E-state index in [2.05, 4.69) is 15.4 Å². The number of hydrogen-bond acceptors (Lipinski definition) is 4. The van der Waals surface area contributed by atoms with E-state index in [-0.39, 0.29) is 18.3 Å². The smallest absolute Gasteiger partial charge is 0.307 e. The molecular formula is C10H18N2O3. The van der Waals surface area contributed by atoms with E-state index in [9.17, 15) is 9.59 Å². The van der Waals surface area contributed by atoms with Crippen LogP contribution in [0.4, 0.5) is 0 Å². The summed E-state index contributed by atoms with van der Waals surface area (Å²) < 4.78 is 4.45. The van der Waals surface area contributed by atoms with Crippen molar-refractivity contribution in [2.45, 2.75) is 31.7 Å². The monoisotopic (exact) mass is 214 g/mol. The van der Waals surface area contributed by atoms with Gasteiger partial charge in [-0.05, 0) is 12.8 Å². The van der Waals surface area contributed by atoms with Crippen LogP contribution in [-0.4, -0.2) is 38.1 Å². The van der Waals surface area contributed by atoms with E-state index in [1.165, 1.54) is 20.0 Å². The van der Waals surface area contributed by atoms with E-state index >= 15 is 0 Å². The van der Waals surface area contributed by atoms with Gasteiger partial charge in [-0.15, -0.1) is 0 Å². The second kappa shape index (κ2) is 6.40. The first kappa shape index (κ1) is 12.0. The first-order chi connectivity index (χ1) is 7.22. The third-order valence-corrected chi connectivity index (χ3v) is 2.24. The molecule has 1 fully saturated rings. The first-order valence-electron chi connectivity index (χ1n) is 5.29. The number of esters is 1. The molecule has 0 aromatic heterocycles. The Bertz CT molecular complexity index is 227. The van der Waals surface area contributed by atoms with Gasteiger partial charge in [0.05, 0.1) is 13.5 Å². The molecule has 0 unspecified atom stereocenters. The van der Waals surface area contributed by atoms with E-state index in [0.29, 0.717) is 25.6 Å². The number of rotatable bonds is 7. The SMILES string of the molecule is COC(=O)CCNC(=O)CCNC1CC1. The van der Waals surface area contributed by atoms with Crippen molar-refractivity contribution in [2.75, 3.05) is 20.2 Å². The van der Waals surface area contributed by atoms with E-state index in [1.54, 1.807) is 0 Å². The largest absolute Gasteiger partial charge is 0.469 e. The normalized spacial score (nSPS) is 14.7. The second-order valence-corrected chi connectivity index (χ2v) is 3.65. The molecule has 15 heavy (non-hydrogen) atoms. The standard InChI is InChI=1S/C10H18N2O3/c1-15-10(14)5-7-12-9(13)4-6-11-8-2-3-8/h8,11H,2-7H2,1H3,(H,12,13). The summed E-state index contributed by atoms with van der Waals surface area (Å²) in [7, 11) is 1.34. The fourth-order valence-corrected chi connectivity index (χ4v) is 1.17. The maximum atomic E-state index is 11.2. The molecule has 5 nitrogen and oxygen atoms in total. The number of amides is 1. The maximum absolute atomic E-state index is 11.2. The van der Waals surface area contributed by atoms with Gasteiger partial charge in [-0.1, -0.05) is 0 Å². The van der Waals surface area contributed by atoms with Gasteiger partial charge in [0.1, 0.15) is 0 Å². The molecule has 5 heteroatoms. The van der Waals surface area contributed by atoms with Crippen molar-refractivity contribution in [3.05, 3.63) is 0 Å². The maximum Gasteiger partial charge on any atom is 0.307 e. The highest BCUT2D eigenvalue weighted by Gasteiger charge is 2.19. The van der Waals surface area contributed by atoms with Crippen molar-refractivity contribution in [2.24, 2.45) is 0 Å². The summed E-state index contributed by atoms with van der Waals surface area (Å²) in [4.78, 5) is 21.9. The molecule has 0 aromatic carbocycles. The van der Waals surface area contributed by atoms with Crippen LogP contribution in [0.25, 0.3) is 0 Å². The van der Waals surface area contributed by atoms with Crippen LogP contribution in [0.15, 0.2) is 0 Å². The average Bonchev–Trinajstić information content (AvgIpc) is 3.01. The molecule has 1 aliphatic rings. The van der Waals surface area contributed by atoms with Gasteiger partial charge in [-0.25, -0.2) is 0 Å². The van der Waals surface area contributed by atoms with Crippen LogP contribution >= 0.6 is 0 Å². The van der Waals surface area contributed by atoms with Gasteiger partial charge in [-0.2, -0.15) is 0 Å². The van der Waals surface area contributed by atoms with Crippen LogP contribution in [0, 0.1) is 0 Å². The van der Waals surface area contributed by atoms with Gasteiger partial charge in [0.2, 0.25) is 5.91 Å². The minimum absolute atomic E-state index is 0.0212. The van der Waals surface area contributed by atoms with Crippen molar-refractivity contribution in [1.29, 1.82) is 0 Å². The average molecular weight is 214 g/mol. The Morgan fingerprint density at radius 1 is 1.27 bits per heavy atom. The molecule has 2 N–H and O–H groups in total. The lowest BCUT2D eigenvalue weighted by Crippen LogP contribution is -2.30. The highest BCUT2D eigenvalue weighted by Crippen LogP contribution is 2.18. The second-order valence-electron chi connectivity index (χ2n) is 3.65. The van der Waals surface area contributed by atoms with Crippen molar-refractivity contribution in [3.63, 3.8) is 0 Å². The summed E-state index contributed by atoms with van der Waals surface area (Å²) in [5.74, 6) is -0.321. The van der Waals surface area contributed by atoms with Crippen LogP contribution in [0.2, 0.25) is 0 Å². The highest BCUT2D eigenvalue weighted by atomic mass is 16.5. The summed E-state index contributed by atoms with van der Waals surface area (Å²) >= 11 is 0. The molecule has 1 amide bonds. The Hall–Kier alpha value is -1.10. The lowest BCUT2D eigenvalue weighted by Gasteiger charge is -2.04. The van der Waals surface area contributed by atoms with Crippen molar-refractivity contribution in [3.8, 4) is 0 Å². The minimum Gasteiger partial charge on any atom is -0.469 e. The van der Waals surface area contributed by atoms with Crippen molar-refractivity contribution >= 4 is 11.9 Å². The van der Waals surface area contributed by atoms with Crippen LogP contribution in [0.3, 0.4) is 0 Å². The summed E-state index contributed by atoms with van der Waals surface area (Å²) in [5, 5.41) is 5.91. The first-order valence-corrected chi connectivity index (χ1v) is 5.29. The van der Waals surface area contributed by atoms with Gasteiger partial charge >= 0.3 is 5.97 Å². The molecule has 0 bridgehead atoms. The van der Waals surface area contributed by atoms with Gasteiger partial charge < -0.3 is 15.4 Å². The lowest BCUT2D eigenvalue weighted by atomic mass is 10.3. The number of ether oxygens (including phenoxy) is 1. The topological polar surface area (TPSA) is 67.4 Å². The summed E-state index contributed by atoms with van der Waals surface area (Å²) in [6.07, 6.45) is 3.16. The Morgan fingerprint density at radius 3 is 2.60 bits per heavy atom. The predicted molar refractivity (Wildman–Crippen MR) is 55.3 cm³/mol. The zero-order valence-electron chi connectivity index (χ0n) is 9.04. The number of methoxy groups -OCH3 is 1.